The van der Waals surface area contributed by atoms with Crippen molar-refractivity contribution in [2.24, 2.45) is 11.8 Å². The third-order valence-electron chi connectivity index (χ3n) is 4.47. The number of carbonyl (C=O) groups excluding carboxylic acids is 3. The second-order valence-corrected chi connectivity index (χ2v) is 8.26. The predicted octanol–water partition coefficient (Wildman–Crippen LogP) is 2.05. The second kappa shape index (κ2) is 11.4. The van der Waals surface area contributed by atoms with Crippen molar-refractivity contribution in [2.45, 2.75) is 40.2 Å². The molecule has 2 N–H and O–H groups in total. The molecular weight excluding hydrogens is 386 g/mol. The number of hydrogen-bond donors (Lipinski definition) is 2. The van der Waals surface area contributed by atoms with Crippen LogP contribution in [0, 0.1) is 11.8 Å². The molecule has 8 nitrogen and oxygen atoms in total. The summed E-state index contributed by atoms with van der Waals surface area (Å²) in [7, 11) is 0. The average Bonchev–Trinajstić information content (AvgIpc) is 2.71. The SMILES string of the molecule is CC(C)COC(=O)CC1C(=O)NCCN1C(=O)CNc1ccc(OCC(C)C)cc1. The van der Waals surface area contributed by atoms with Gasteiger partial charge >= 0.3 is 5.97 Å². The molecule has 0 aromatic heterocycles. The van der Waals surface area contributed by atoms with E-state index in [-0.39, 0.29) is 30.7 Å². The highest BCUT2D eigenvalue weighted by Gasteiger charge is 2.35. The lowest BCUT2D eigenvalue weighted by molar-refractivity contribution is -0.152. The second-order valence-electron chi connectivity index (χ2n) is 8.26. The molecule has 1 saturated heterocycles. The lowest BCUT2D eigenvalue weighted by atomic mass is 10.1. The van der Waals surface area contributed by atoms with Gasteiger partial charge in [0.05, 0.1) is 26.2 Å². The third kappa shape index (κ3) is 7.57. The molecular formula is C22H33N3O5. The van der Waals surface area contributed by atoms with Gasteiger partial charge in [-0.05, 0) is 36.1 Å². The maximum Gasteiger partial charge on any atom is 0.308 e. The number of piperazine rings is 1. The van der Waals surface area contributed by atoms with E-state index in [1.54, 1.807) is 0 Å². The van der Waals surface area contributed by atoms with Crippen LogP contribution < -0.4 is 15.4 Å². The number of benzene rings is 1. The zero-order chi connectivity index (χ0) is 22.1. The van der Waals surface area contributed by atoms with Gasteiger partial charge in [-0.2, -0.15) is 0 Å². The summed E-state index contributed by atoms with van der Waals surface area (Å²) in [6, 6.07) is 6.52. The molecule has 1 fully saturated rings. The first-order valence-electron chi connectivity index (χ1n) is 10.5. The molecule has 166 valence electrons. The van der Waals surface area contributed by atoms with E-state index in [0.29, 0.717) is 32.2 Å². The zero-order valence-electron chi connectivity index (χ0n) is 18.3. The molecule has 30 heavy (non-hydrogen) atoms. The first-order chi connectivity index (χ1) is 14.3. The lowest BCUT2D eigenvalue weighted by Gasteiger charge is -2.34. The molecule has 0 aliphatic carbocycles. The molecule has 0 radical (unpaired) electrons. The van der Waals surface area contributed by atoms with Crippen molar-refractivity contribution in [1.29, 1.82) is 0 Å². The number of nitrogens with one attached hydrogen (secondary N) is 2. The quantitative estimate of drug-likeness (QED) is 0.564. The maximum atomic E-state index is 12.7. The summed E-state index contributed by atoms with van der Waals surface area (Å²) in [5, 5.41) is 5.78. The van der Waals surface area contributed by atoms with E-state index in [9.17, 15) is 14.4 Å². The first-order valence-corrected chi connectivity index (χ1v) is 10.5. The Balaban J connectivity index is 1.90. The van der Waals surface area contributed by atoms with Gasteiger partial charge in [-0.3, -0.25) is 14.4 Å². The van der Waals surface area contributed by atoms with Gasteiger partial charge in [0.15, 0.2) is 0 Å². The topological polar surface area (TPSA) is 97.0 Å². The Morgan fingerprint density at radius 3 is 2.43 bits per heavy atom. The Bertz CT molecular complexity index is 718. The van der Waals surface area contributed by atoms with Crippen LogP contribution in [-0.2, 0) is 19.1 Å². The van der Waals surface area contributed by atoms with Crippen LogP contribution in [-0.4, -0.2) is 61.6 Å². The minimum absolute atomic E-state index is 0.0248. The standard InChI is InChI=1S/C22H33N3O5/c1-15(2)13-29-18-7-5-17(6-8-18)24-12-20(26)25-10-9-23-22(28)19(25)11-21(27)30-14-16(3)4/h5-8,15-16,19,24H,9-14H2,1-4H3,(H,23,28). The molecule has 1 unspecified atom stereocenters. The number of amides is 2. The van der Waals surface area contributed by atoms with E-state index >= 15 is 0 Å². The predicted molar refractivity (Wildman–Crippen MR) is 114 cm³/mol. The molecule has 1 heterocycles. The normalized spacial score (nSPS) is 16.4. The lowest BCUT2D eigenvalue weighted by Crippen LogP contribution is -2.58. The number of rotatable bonds is 10. The van der Waals surface area contributed by atoms with Gasteiger partial charge in [0.2, 0.25) is 11.8 Å². The molecule has 1 atom stereocenters. The summed E-state index contributed by atoms with van der Waals surface area (Å²) in [5.74, 6) is 0.368. The number of anilines is 1. The van der Waals surface area contributed by atoms with Crippen molar-refractivity contribution in [3.05, 3.63) is 24.3 Å². The summed E-state index contributed by atoms with van der Waals surface area (Å²) in [5.41, 5.74) is 0.773. The molecule has 2 rings (SSSR count). The van der Waals surface area contributed by atoms with Crippen molar-refractivity contribution in [3.63, 3.8) is 0 Å². The monoisotopic (exact) mass is 419 g/mol. The minimum Gasteiger partial charge on any atom is -0.493 e. The molecule has 1 aliphatic rings. The Morgan fingerprint density at radius 2 is 1.80 bits per heavy atom. The number of ether oxygens (including phenoxy) is 2. The van der Waals surface area contributed by atoms with Crippen LogP contribution in [0.25, 0.3) is 0 Å². The molecule has 1 aromatic carbocycles. The Labute approximate surface area is 178 Å². The van der Waals surface area contributed by atoms with Gasteiger partial charge in [0, 0.05) is 18.8 Å². The highest BCUT2D eigenvalue weighted by molar-refractivity contribution is 5.93. The number of hydrogen-bond acceptors (Lipinski definition) is 6. The smallest absolute Gasteiger partial charge is 0.308 e. The van der Waals surface area contributed by atoms with Crippen molar-refractivity contribution in [2.75, 3.05) is 38.2 Å². The fourth-order valence-corrected chi connectivity index (χ4v) is 2.90. The van der Waals surface area contributed by atoms with Gasteiger partial charge in [-0.15, -0.1) is 0 Å². The molecule has 1 aliphatic heterocycles. The van der Waals surface area contributed by atoms with Crippen molar-refractivity contribution >= 4 is 23.5 Å². The number of carbonyl (C=O) groups is 3. The number of nitrogens with zero attached hydrogens (tertiary/aromatic N) is 1. The Hall–Kier alpha value is -2.77. The van der Waals surface area contributed by atoms with Gasteiger partial charge < -0.3 is 25.0 Å². The molecule has 2 amide bonds. The van der Waals surface area contributed by atoms with Crippen LogP contribution in [0.5, 0.6) is 5.75 Å². The summed E-state index contributed by atoms with van der Waals surface area (Å²) in [6.07, 6.45) is -0.147. The highest BCUT2D eigenvalue weighted by Crippen LogP contribution is 2.17. The average molecular weight is 420 g/mol. The van der Waals surface area contributed by atoms with Crippen molar-refractivity contribution < 1.29 is 23.9 Å². The van der Waals surface area contributed by atoms with Crippen molar-refractivity contribution in [3.8, 4) is 5.75 Å². The van der Waals surface area contributed by atoms with Gasteiger partial charge in [0.25, 0.3) is 0 Å². The van der Waals surface area contributed by atoms with E-state index in [4.69, 9.17) is 9.47 Å². The van der Waals surface area contributed by atoms with Crippen LogP contribution in [0.1, 0.15) is 34.1 Å². The Morgan fingerprint density at radius 1 is 1.13 bits per heavy atom. The minimum atomic E-state index is -0.848. The fourth-order valence-electron chi connectivity index (χ4n) is 2.90. The summed E-state index contributed by atoms with van der Waals surface area (Å²) < 4.78 is 10.8. The maximum absolute atomic E-state index is 12.7. The van der Waals surface area contributed by atoms with E-state index in [1.165, 1.54) is 4.90 Å². The summed E-state index contributed by atoms with van der Waals surface area (Å²) in [4.78, 5) is 38.5. The van der Waals surface area contributed by atoms with Gasteiger partial charge in [-0.25, -0.2) is 0 Å². The fraction of sp³-hybridized carbons (Fsp3) is 0.591. The van der Waals surface area contributed by atoms with E-state index in [2.05, 4.69) is 24.5 Å². The third-order valence-corrected chi connectivity index (χ3v) is 4.47. The van der Waals surface area contributed by atoms with Crippen LogP contribution >= 0.6 is 0 Å². The van der Waals surface area contributed by atoms with Crippen LogP contribution in [0.15, 0.2) is 24.3 Å². The molecule has 1 aromatic rings. The van der Waals surface area contributed by atoms with Crippen LogP contribution in [0.3, 0.4) is 0 Å². The van der Waals surface area contributed by atoms with Gasteiger partial charge in [-0.1, -0.05) is 27.7 Å². The van der Waals surface area contributed by atoms with E-state index in [0.717, 1.165) is 11.4 Å². The molecule has 8 heteroatoms. The molecule has 0 bridgehead atoms. The molecule has 0 saturated carbocycles. The largest absolute Gasteiger partial charge is 0.493 e. The van der Waals surface area contributed by atoms with Crippen LogP contribution in [0.2, 0.25) is 0 Å². The summed E-state index contributed by atoms with van der Waals surface area (Å²) >= 11 is 0. The van der Waals surface area contributed by atoms with Crippen LogP contribution in [0.4, 0.5) is 5.69 Å². The Kier molecular flexibility index (Phi) is 8.95. The first kappa shape index (κ1) is 23.5. The van der Waals surface area contributed by atoms with E-state index in [1.807, 2.05) is 38.1 Å². The molecule has 0 spiro atoms. The zero-order valence-corrected chi connectivity index (χ0v) is 18.3. The summed E-state index contributed by atoms with van der Waals surface area (Å²) in [6.45, 7) is 9.72. The number of esters is 1. The highest BCUT2D eigenvalue weighted by atomic mass is 16.5. The van der Waals surface area contributed by atoms with Gasteiger partial charge in [0.1, 0.15) is 11.8 Å². The van der Waals surface area contributed by atoms with Crippen molar-refractivity contribution in [1.82, 2.24) is 10.2 Å². The van der Waals surface area contributed by atoms with E-state index < -0.39 is 12.0 Å².